The molecule has 8 heteroatoms. The minimum atomic E-state index is -3.98. The van der Waals surface area contributed by atoms with Crippen LogP contribution < -0.4 is 9.86 Å². The van der Waals surface area contributed by atoms with Gasteiger partial charge in [0.2, 0.25) is 10.0 Å². The molecule has 0 aliphatic heterocycles. The van der Waals surface area contributed by atoms with E-state index in [1.165, 1.54) is 18.2 Å². The number of nitrogens with one attached hydrogen (secondary N) is 1. The van der Waals surface area contributed by atoms with Crippen molar-refractivity contribution in [2.24, 2.45) is 5.14 Å². The first-order valence-corrected chi connectivity index (χ1v) is 9.93. The number of nitrogens with two attached hydrogens (primary N) is 1. The van der Waals surface area contributed by atoms with Gasteiger partial charge in [-0.15, -0.1) is 0 Å². The number of benzene rings is 3. The van der Waals surface area contributed by atoms with Crippen molar-refractivity contribution in [3.63, 3.8) is 0 Å². The Labute approximate surface area is 140 Å². The molecular formula is C16H14N2O4S2. The van der Waals surface area contributed by atoms with E-state index in [0.29, 0.717) is 5.69 Å². The third-order valence-electron chi connectivity index (χ3n) is 3.45. The maximum absolute atomic E-state index is 12.5. The van der Waals surface area contributed by atoms with Crippen LogP contribution in [0.5, 0.6) is 0 Å². The van der Waals surface area contributed by atoms with Gasteiger partial charge in [0.05, 0.1) is 9.79 Å². The first-order valence-electron chi connectivity index (χ1n) is 6.90. The zero-order valence-electron chi connectivity index (χ0n) is 12.4. The molecule has 0 radical (unpaired) electrons. The molecule has 124 valence electrons. The SMILES string of the molecule is NS(=O)(=O)c1cccc(S(=O)(=O)Nc2ccc3ccccc3c2)c1. The van der Waals surface area contributed by atoms with Crippen LogP contribution in [-0.2, 0) is 20.0 Å². The summed E-state index contributed by atoms with van der Waals surface area (Å²) in [6.45, 7) is 0. The molecule has 0 unspecified atom stereocenters. The van der Waals surface area contributed by atoms with Crippen LogP contribution in [-0.4, -0.2) is 16.8 Å². The maximum atomic E-state index is 12.5. The van der Waals surface area contributed by atoms with Crippen LogP contribution in [0.25, 0.3) is 10.8 Å². The van der Waals surface area contributed by atoms with Gasteiger partial charge in [-0.2, -0.15) is 0 Å². The largest absolute Gasteiger partial charge is 0.280 e. The Bertz CT molecular complexity index is 1120. The van der Waals surface area contributed by atoms with Crippen molar-refractivity contribution < 1.29 is 16.8 Å². The Balaban J connectivity index is 1.98. The molecule has 0 spiro atoms. The maximum Gasteiger partial charge on any atom is 0.261 e. The van der Waals surface area contributed by atoms with Crippen LogP contribution in [0, 0.1) is 0 Å². The molecule has 0 saturated carbocycles. The third kappa shape index (κ3) is 3.40. The van der Waals surface area contributed by atoms with Crippen molar-refractivity contribution in [2.45, 2.75) is 9.79 Å². The quantitative estimate of drug-likeness (QED) is 0.742. The molecule has 6 nitrogen and oxygen atoms in total. The van der Waals surface area contributed by atoms with Crippen molar-refractivity contribution in [2.75, 3.05) is 4.72 Å². The van der Waals surface area contributed by atoms with Crippen molar-refractivity contribution in [3.05, 3.63) is 66.7 Å². The van der Waals surface area contributed by atoms with E-state index < -0.39 is 20.0 Å². The summed E-state index contributed by atoms with van der Waals surface area (Å²) in [4.78, 5) is -0.439. The van der Waals surface area contributed by atoms with Crippen molar-refractivity contribution >= 4 is 36.5 Å². The number of fused-ring (bicyclic) bond motifs is 1. The zero-order chi connectivity index (χ0) is 17.4. The van der Waals surface area contributed by atoms with Crippen LogP contribution in [0.4, 0.5) is 5.69 Å². The first-order chi connectivity index (χ1) is 11.3. The van der Waals surface area contributed by atoms with Crippen molar-refractivity contribution in [1.82, 2.24) is 0 Å². The highest BCUT2D eigenvalue weighted by atomic mass is 32.2. The number of rotatable bonds is 4. The van der Waals surface area contributed by atoms with Gasteiger partial charge in [0.15, 0.2) is 0 Å². The van der Waals surface area contributed by atoms with Gasteiger partial charge in [0, 0.05) is 5.69 Å². The molecule has 0 aliphatic carbocycles. The Morgan fingerprint density at radius 3 is 2.08 bits per heavy atom. The van der Waals surface area contributed by atoms with Gasteiger partial charge in [-0.1, -0.05) is 36.4 Å². The third-order valence-corrected chi connectivity index (χ3v) is 5.74. The van der Waals surface area contributed by atoms with Crippen LogP contribution in [0.1, 0.15) is 0 Å². The average Bonchev–Trinajstić information content (AvgIpc) is 2.54. The molecule has 3 aromatic carbocycles. The summed E-state index contributed by atoms with van der Waals surface area (Å²) in [7, 11) is -7.91. The lowest BCUT2D eigenvalue weighted by Crippen LogP contribution is -2.16. The van der Waals surface area contributed by atoms with Crippen LogP contribution in [0.15, 0.2) is 76.5 Å². The monoisotopic (exact) mass is 362 g/mol. The molecule has 0 saturated heterocycles. The summed E-state index contributed by atoms with van der Waals surface area (Å²) in [5, 5.41) is 6.91. The lowest BCUT2D eigenvalue weighted by Gasteiger charge is -2.10. The van der Waals surface area contributed by atoms with Gasteiger partial charge < -0.3 is 0 Å². The predicted octanol–water partition coefficient (Wildman–Crippen LogP) is 2.29. The molecule has 24 heavy (non-hydrogen) atoms. The number of hydrogen-bond donors (Lipinski definition) is 2. The van der Waals surface area contributed by atoms with Gasteiger partial charge in [-0.05, 0) is 41.1 Å². The fourth-order valence-corrected chi connectivity index (χ4v) is 4.01. The smallest absolute Gasteiger partial charge is 0.261 e. The van der Waals surface area contributed by atoms with Crippen LogP contribution in [0.3, 0.4) is 0 Å². The number of sulfonamides is 2. The van der Waals surface area contributed by atoms with E-state index in [2.05, 4.69) is 4.72 Å². The Morgan fingerprint density at radius 1 is 0.708 bits per heavy atom. The molecule has 0 atom stereocenters. The molecule has 3 rings (SSSR count). The molecule has 0 aromatic heterocycles. The zero-order valence-corrected chi connectivity index (χ0v) is 14.0. The molecule has 0 heterocycles. The summed E-state index contributed by atoms with van der Waals surface area (Å²) in [6.07, 6.45) is 0. The summed E-state index contributed by atoms with van der Waals surface area (Å²) in [5.41, 5.74) is 0.384. The molecule has 0 amide bonds. The topological polar surface area (TPSA) is 106 Å². The highest BCUT2D eigenvalue weighted by Crippen LogP contribution is 2.22. The Kier molecular flexibility index (Phi) is 4.04. The van der Waals surface area contributed by atoms with Crippen LogP contribution in [0.2, 0.25) is 0 Å². The van der Waals surface area contributed by atoms with Crippen molar-refractivity contribution in [3.8, 4) is 0 Å². The van der Waals surface area contributed by atoms with Gasteiger partial charge >= 0.3 is 0 Å². The van der Waals surface area contributed by atoms with E-state index in [1.807, 2.05) is 24.3 Å². The van der Waals surface area contributed by atoms with E-state index >= 15 is 0 Å². The van der Waals surface area contributed by atoms with E-state index in [1.54, 1.807) is 18.2 Å². The minimum absolute atomic E-state index is 0.179. The second-order valence-electron chi connectivity index (χ2n) is 5.19. The Hall–Kier alpha value is -2.42. The van der Waals surface area contributed by atoms with Gasteiger partial charge in [0.1, 0.15) is 0 Å². The summed E-state index contributed by atoms with van der Waals surface area (Å²) < 4.78 is 50.1. The molecule has 3 aromatic rings. The summed E-state index contributed by atoms with van der Waals surface area (Å²) in [6, 6.07) is 17.6. The van der Waals surface area contributed by atoms with E-state index in [4.69, 9.17) is 5.14 Å². The van der Waals surface area contributed by atoms with E-state index in [-0.39, 0.29) is 9.79 Å². The first kappa shape index (κ1) is 16.4. The molecule has 0 bridgehead atoms. The van der Waals surface area contributed by atoms with Crippen molar-refractivity contribution in [1.29, 1.82) is 0 Å². The fraction of sp³-hybridized carbons (Fsp3) is 0. The Morgan fingerprint density at radius 2 is 1.38 bits per heavy atom. The molecule has 0 aliphatic rings. The van der Waals surface area contributed by atoms with Crippen LogP contribution >= 0.6 is 0 Å². The standard InChI is InChI=1S/C16H14N2O4S2/c17-23(19,20)15-6-3-7-16(11-15)24(21,22)18-14-9-8-12-4-1-2-5-13(12)10-14/h1-11,18H,(H2,17,19,20). The minimum Gasteiger partial charge on any atom is -0.280 e. The second-order valence-corrected chi connectivity index (χ2v) is 8.43. The predicted molar refractivity (Wildman–Crippen MR) is 92.6 cm³/mol. The summed E-state index contributed by atoms with van der Waals surface area (Å²) >= 11 is 0. The van der Waals surface area contributed by atoms with Gasteiger partial charge in [-0.25, -0.2) is 22.0 Å². The number of hydrogen-bond acceptors (Lipinski definition) is 4. The normalized spacial score (nSPS) is 12.2. The molecular weight excluding hydrogens is 348 g/mol. The highest BCUT2D eigenvalue weighted by molar-refractivity contribution is 7.93. The summed E-state index contributed by atoms with van der Waals surface area (Å²) in [5.74, 6) is 0. The number of anilines is 1. The second kappa shape index (κ2) is 5.90. The number of primary sulfonamides is 1. The highest BCUT2D eigenvalue weighted by Gasteiger charge is 2.17. The molecule has 0 fully saturated rings. The lowest BCUT2D eigenvalue weighted by molar-refractivity contribution is 0.597. The van der Waals surface area contributed by atoms with E-state index in [0.717, 1.165) is 16.8 Å². The molecule has 3 N–H and O–H groups in total. The van der Waals surface area contributed by atoms with E-state index in [9.17, 15) is 16.8 Å². The fourth-order valence-electron chi connectivity index (χ4n) is 2.29. The average molecular weight is 362 g/mol. The lowest BCUT2D eigenvalue weighted by atomic mass is 10.1. The van der Waals surface area contributed by atoms with Gasteiger partial charge in [0.25, 0.3) is 10.0 Å². The van der Waals surface area contributed by atoms with Gasteiger partial charge in [-0.3, -0.25) is 4.72 Å².